The van der Waals surface area contributed by atoms with E-state index in [1.807, 2.05) is 49.6 Å². The number of carbonyl (C=O) groups is 2. The van der Waals surface area contributed by atoms with Crippen molar-refractivity contribution in [1.82, 2.24) is 5.32 Å². The molecule has 1 atom stereocenters. The maximum Gasteiger partial charge on any atom is 0.326 e. The first-order valence-corrected chi connectivity index (χ1v) is 13.8. The van der Waals surface area contributed by atoms with Gasteiger partial charge in [-0.15, -0.1) is 0 Å². The lowest BCUT2D eigenvalue weighted by molar-refractivity contribution is -0.139. The lowest BCUT2D eigenvalue weighted by Gasteiger charge is -2.19. The highest BCUT2D eigenvalue weighted by atomic mass is 32.2. The number of allylic oxidation sites excluding steroid dienone is 2. The van der Waals surface area contributed by atoms with Gasteiger partial charge in [0.05, 0.1) is 0 Å². The highest BCUT2D eigenvalue weighted by Gasteiger charge is 2.22. The molecule has 0 radical (unpaired) electrons. The van der Waals surface area contributed by atoms with Crippen LogP contribution < -0.4 is 5.32 Å². The maximum absolute atomic E-state index is 13.2. The lowest BCUT2D eigenvalue weighted by atomic mass is 9.87. The number of amides is 1. The summed E-state index contributed by atoms with van der Waals surface area (Å²) in [6.45, 7) is 2.03. The Balaban J connectivity index is 1.80. The quantitative estimate of drug-likeness (QED) is 0.353. The molecule has 34 heavy (non-hydrogen) atoms. The number of carbonyl (C=O) groups excluding carboxylic acids is 1. The lowest BCUT2D eigenvalue weighted by Crippen LogP contribution is -2.41. The average molecular weight is 480 g/mol. The highest BCUT2D eigenvalue weighted by molar-refractivity contribution is 7.98. The molecule has 0 unspecified atom stereocenters. The molecule has 1 aliphatic rings. The largest absolute Gasteiger partial charge is 0.480 e. The van der Waals surface area contributed by atoms with Gasteiger partial charge in [0.25, 0.3) is 5.91 Å². The number of carboxylic acids is 1. The molecule has 0 saturated heterocycles. The second-order valence-corrected chi connectivity index (χ2v) is 10.2. The highest BCUT2D eigenvalue weighted by Crippen LogP contribution is 2.29. The Labute approximate surface area is 208 Å². The molecule has 1 saturated carbocycles. The second-order valence-electron chi connectivity index (χ2n) is 9.26. The molecule has 0 heterocycles. The number of benzene rings is 2. The van der Waals surface area contributed by atoms with Crippen LogP contribution in [0.2, 0.25) is 0 Å². The number of hydrogen-bond donors (Lipinski definition) is 2. The van der Waals surface area contributed by atoms with Crippen molar-refractivity contribution in [3.8, 4) is 11.1 Å². The third kappa shape index (κ3) is 7.49. The molecule has 1 aliphatic carbocycles. The van der Waals surface area contributed by atoms with E-state index in [0.29, 0.717) is 17.7 Å². The van der Waals surface area contributed by atoms with Gasteiger partial charge in [0.2, 0.25) is 0 Å². The zero-order chi connectivity index (χ0) is 24.3. The molecule has 1 amide bonds. The van der Waals surface area contributed by atoms with Gasteiger partial charge in [-0.3, -0.25) is 4.79 Å². The van der Waals surface area contributed by atoms with E-state index in [4.69, 9.17) is 0 Å². The first-order valence-electron chi connectivity index (χ1n) is 12.4. The molecular weight excluding hydrogens is 442 g/mol. The molecule has 4 nitrogen and oxygen atoms in total. The standard InChI is InChI=1S/C29H37NO3S/c1-21-10-6-9-15-24(21)26-20-23(14-8-7-13-22-11-4-3-5-12-22)16-17-25(26)28(31)30-27(29(32)33)18-19-34-2/h6-10,15-17,20,22,27H,3-5,11-14,18-19H2,1-2H3,(H,30,31)(H,32,33)/t27-/m0/s1. The summed E-state index contributed by atoms with van der Waals surface area (Å²) in [5.74, 6) is 0.159. The van der Waals surface area contributed by atoms with E-state index in [2.05, 4.69) is 23.5 Å². The molecule has 2 N–H and O–H groups in total. The summed E-state index contributed by atoms with van der Waals surface area (Å²) in [7, 11) is 0. The molecule has 1 fully saturated rings. The minimum absolute atomic E-state index is 0.342. The fourth-order valence-corrected chi connectivity index (χ4v) is 5.15. The summed E-state index contributed by atoms with van der Waals surface area (Å²) < 4.78 is 0. The van der Waals surface area contributed by atoms with E-state index < -0.39 is 12.0 Å². The molecular formula is C29H37NO3S. The summed E-state index contributed by atoms with van der Waals surface area (Å²) in [6, 6.07) is 13.0. The molecule has 2 aromatic carbocycles. The Morgan fingerprint density at radius 3 is 2.56 bits per heavy atom. The fourth-order valence-electron chi connectivity index (χ4n) is 4.67. The maximum atomic E-state index is 13.2. The van der Waals surface area contributed by atoms with Crippen LogP contribution in [0.25, 0.3) is 11.1 Å². The number of aryl methyl sites for hydroxylation is 1. The Bertz CT molecular complexity index is 995. The summed E-state index contributed by atoms with van der Waals surface area (Å²) in [4.78, 5) is 24.8. The minimum Gasteiger partial charge on any atom is -0.480 e. The normalized spacial score (nSPS) is 15.4. The number of rotatable bonds is 11. The first kappa shape index (κ1) is 26.1. The van der Waals surface area contributed by atoms with Crippen molar-refractivity contribution in [3.63, 3.8) is 0 Å². The van der Waals surface area contributed by atoms with Gasteiger partial charge in [0, 0.05) is 5.56 Å². The fraction of sp³-hybridized carbons (Fsp3) is 0.448. The third-order valence-corrected chi connectivity index (χ3v) is 7.34. The van der Waals surface area contributed by atoms with Crippen molar-refractivity contribution in [2.24, 2.45) is 5.92 Å². The predicted molar refractivity (Wildman–Crippen MR) is 143 cm³/mol. The van der Waals surface area contributed by atoms with Gasteiger partial charge in [-0.1, -0.05) is 80.7 Å². The van der Waals surface area contributed by atoms with Crippen molar-refractivity contribution < 1.29 is 14.7 Å². The summed E-state index contributed by atoms with van der Waals surface area (Å²) in [6.07, 6.45) is 15.7. The van der Waals surface area contributed by atoms with Crippen molar-refractivity contribution in [3.05, 3.63) is 71.3 Å². The molecule has 3 rings (SSSR count). The van der Waals surface area contributed by atoms with E-state index in [-0.39, 0.29) is 5.91 Å². The number of nitrogens with one attached hydrogen (secondary N) is 1. The van der Waals surface area contributed by atoms with Gasteiger partial charge in [-0.2, -0.15) is 11.8 Å². The number of hydrogen-bond acceptors (Lipinski definition) is 3. The topological polar surface area (TPSA) is 66.4 Å². The van der Waals surface area contributed by atoms with Crippen molar-refractivity contribution in [2.75, 3.05) is 12.0 Å². The molecule has 0 aliphatic heterocycles. The summed E-state index contributed by atoms with van der Waals surface area (Å²) in [5.41, 5.74) is 4.59. The van der Waals surface area contributed by atoms with E-state index in [1.54, 1.807) is 11.8 Å². The average Bonchev–Trinajstić information content (AvgIpc) is 2.85. The van der Waals surface area contributed by atoms with E-state index in [0.717, 1.165) is 41.0 Å². The molecule has 5 heteroatoms. The Morgan fingerprint density at radius 1 is 1.09 bits per heavy atom. The second kappa shape index (κ2) is 13.4. The van der Waals surface area contributed by atoms with Gasteiger partial charge in [0.15, 0.2) is 0 Å². The molecule has 0 spiro atoms. The van der Waals surface area contributed by atoms with E-state index in [9.17, 15) is 14.7 Å². The van der Waals surface area contributed by atoms with Crippen molar-refractivity contribution >= 4 is 23.6 Å². The predicted octanol–water partition coefficient (Wildman–Crippen LogP) is 6.67. The number of thioether (sulfide) groups is 1. The van der Waals surface area contributed by atoms with Crippen LogP contribution in [0.4, 0.5) is 0 Å². The van der Waals surface area contributed by atoms with Crippen LogP contribution >= 0.6 is 11.8 Å². The van der Waals surface area contributed by atoms with Gasteiger partial charge in [-0.25, -0.2) is 4.79 Å². The van der Waals surface area contributed by atoms with Crippen molar-refractivity contribution in [1.29, 1.82) is 0 Å². The van der Waals surface area contributed by atoms with Crippen LogP contribution in [-0.2, 0) is 11.2 Å². The Hall–Kier alpha value is -2.53. The van der Waals surface area contributed by atoms with E-state index >= 15 is 0 Å². The zero-order valence-corrected chi connectivity index (χ0v) is 21.2. The molecule has 2 aromatic rings. The SMILES string of the molecule is CSCC[C@H](NC(=O)c1ccc(CC=CCC2CCCCC2)cc1-c1ccccc1C)C(=O)O. The molecule has 0 aromatic heterocycles. The monoisotopic (exact) mass is 479 g/mol. The minimum atomic E-state index is -1.00. The summed E-state index contributed by atoms with van der Waals surface area (Å²) in [5, 5.41) is 12.3. The smallest absolute Gasteiger partial charge is 0.326 e. The van der Waals surface area contributed by atoms with Crippen LogP contribution in [0.5, 0.6) is 0 Å². The van der Waals surface area contributed by atoms with Gasteiger partial charge in [0.1, 0.15) is 6.04 Å². The van der Waals surface area contributed by atoms with Crippen molar-refractivity contribution in [2.45, 2.75) is 64.3 Å². The van der Waals surface area contributed by atoms with Crippen LogP contribution in [0.3, 0.4) is 0 Å². The summed E-state index contributed by atoms with van der Waals surface area (Å²) >= 11 is 1.57. The van der Waals surface area contributed by atoms with Crippen LogP contribution in [0.1, 0.15) is 66.4 Å². The van der Waals surface area contributed by atoms with Gasteiger partial charge < -0.3 is 10.4 Å². The zero-order valence-electron chi connectivity index (χ0n) is 20.4. The number of carboxylic acid groups (broad SMARTS) is 1. The Morgan fingerprint density at radius 2 is 1.85 bits per heavy atom. The van der Waals surface area contributed by atoms with Crippen LogP contribution in [0.15, 0.2) is 54.6 Å². The molecule has 0 bridgehead atoms. The van der Waals surface area contributed by atoms with E-state index in [1.165, 1.54) is 32.1 Å². The van der Waals surface area contributed by atoms with Gasteiger partial charge in [-0.05, 0) is 72.4 Å². The van der Waals surface area contributed by atoms with Crippen LogP contribution in [0, 0.1) is 12.8 Å². The third-order valence-electron chi connectivity index (χ3n) is 6.69. The number of aliphatic carboxylic acids is 1. The first-order chi connectivity index (χ1) is 16.5. The molecule has 182 valence electrons. The van der Waals surface area contributed by atoms with Gasteiger partial charge >= 0.3 is 5.97 Å². The van der Waals surface area contributed by atoms with Crippen LogP contribution in [-0.4, -0.2) is 35.0 Å². The Kier molecular flexibility index (Phi) is 10.3.